The Morgan fingerprint density at radius 3 is 2.24 bits per heavy atom. The van der Waals surface area contributed by atoms with E-state index in [4.69, 9.17) is 0 Å². The first-order valence-electron chi connectivity index (χ1n) is 9.50. The second-order valence-corrected chi connectivity index (χ2v) is 9.19. The van der Waals surface area contributed by atoms with Gasteiger partial charge >= 0.3 is 0 Å². The summed E-state index contributed by atoms with van der Waals surface area (Å²) in [5.74, 6) is -0.586. The summed E-state index contributed by atoms with van der Waals surface area (Å²) < 4.78 is 2.03. The molecular weight excluding hydrogens is 494 g/mol. The molecule has 0 aliphatic heterocycles. The zero-order valence-corrected chi connectivity index (χ0v) is 20.8. The summed E-state index contributed by atoms with van der Waals surface area (Å²) in [6, 6.07) is 9.81. The molecule has 0 spiro atoms. The van der Waals surface area contributed by atoms with Gasteiger partial charge in [0.15, 0.2) is 0 Å². The molecule has 0 saturated carbocycles. The number of carbonyl (C=O) groups excluding carboxylic acids is 2. The fourth-order valence-electron chi connectivity index (χ4n) is 2.67. The van der Waals surface area contributed by atoms with Crippen LogP contribution in [0.2, 0.25) is 0 Å². The maximum atomic E-state index is 12.7. The van der Waals surface area contributed by atoms with E-state index in [9.17, 15) is 9.59 Å². The Hall–Kier alpha value is -1.72. The molecular formula is C24H29Br2NO2. The highest BCUT2D eigenvalue weighted by atomic mass is 79.9. The summed E-state index contributed by atoms with van der Waals surface area (Å²) in [7, 11) is 0. The van der Waals surface area contributed by atoms with Crippen molar-refractivity contribution in [3.05, 3.63) is 80.3 Å². The zero-order valence-electron chi connectivity index (χ0n) is 17.6. The van der Waals surface area contributed by atoms with E-state index in [1.807, 2.05) is 49.4 Å². The summed E-state index contributed by atoms with van der Waals surface area (Å²) >= 11 is 7.03. The van der Waals surface area contributed by atoms with Crippen molar-refractivity contribution in [2.45, 2.75) is 47.0 Å². The lowest BCUT2D eigenvalue weighted by Gasteiger charge is -2.20. The van der Waals surface area contributed by atoms with Crippen molar-refractivity contribution in [2.75, 3.05) is 6.54 Å². The fraction of sp³-hybridized carbons (Fsp3) is 0.333. The molecule has 1 aromatic rings. The van der Waals surface area contributed by atoms with Crippen LogP contribution in [0.3, 0.4) is 0 Å². The molecule has 0 N–H and O–H groups in total. The Labute approximate surface area is 191 Å². The van der Waals surface area contributed by atoms with Crippen molar-refractivity contribution < 1.29 is 9.59 Å². The minimum Gasteiger partial charge on any atom is -0.279 e. The van der Waals surface area contributed by atoms with Gasteiger partial charge in [0.25, 0.3) is 5.91 Å². The van der Waals surface area contributed by atoms with Gasteiger partial charge in [-0.2, -0.15) is 0 Å². The van der Waals surface area contributed by atoms with E-state index in [0.29, 0.717) is 25.0 Å². The van der Waals surface area contributed by atoms with Gasteiger partial charge in [-0.15, -0.1) is 0 Å². The van der Waals surface area contributed by atoms with E-state index in [1.54, 1.807) is 0 Å². The summed E-state index contributed by atoms with van der Waals surface area (Å²) in [6.07, 6.45) is 5.82. The first kappa shape index (κ1) is 25.3. The molecule has 0 radical (unpaired) electrons. The van der Waals surface area contributed by atoms with Crippen molar-refractivity contribution in [3.63, 3.8) is 0 Å². The third-order valence-corrected chi connectivity index (χ3v) is 5.68. The van der Waals surface area contributed by atoms with Gasteiger partial charge in [-0.05, 0) is 56.2 Å². The third kappa shape index (κ3) is 9.55. The Balaban J connectivity index is 2.72. The number of hydrogen-bond donors (Lipinski definition) is 0. The SMILES string of the molecule is C=C(C/C=C(Br)\C=C(\C)C/C(C)=C(\C)Br)C(=O)N(CCc1ccccc1)C(C)=O. The number of allylic oxidation sites excluding steroid dienone is 6. The molecule has 5 heteroatoms. The quantitative estimate of drug-likeness (QED) is 0.262. The van der Waals surface area contributed by atoms with Crippen LogP contribution in [0.1, 0.15) is 46.1 Å². The highest BCUT2D eigenvalue weighted by molar-refractivity contribution is 9.12. The van der Waals surface area contributed by atoms with Gasteiger partial charge in [-0.1, -0.05) is 86.0 Å². The van der Waals surface area contributed by atoms with Crippen LogP contribution in [-0.2, 0) is 16.0 Å². The molecule has 0 unspecified atom stereocenters. The minimum atomic E-state index is -0.320. The topological polar surface area (TPSA) is 37.4 Å². The van der Waals surface area contributed by atoms with Gasteiger partial charge in [-0.3, -0.25) is 14.5 Å². The number of imide groups is 1. The first-order valence-corrected chi connectivity index (χ1v) is 11.1. The third-order valence-electron chi connectivity index (χ3n) is 4.45. The van der Waals surface area contributed by atoms with E-state index in [1.165, 1.54) is 23.0 Å². The van der Waals surface area contributed by atoms with Crippen LogP contribution >= 0.6 is 31.9 Å². The standard InChI is InChI=1S/C24H29Br2NO2/c1-17(15-19(3)20(4)25)16-23(26)12-11-18(2)24(29)27(21(5)28)14-13-22-9-7-6-8-10-22/h6-10,12,16H,2,11,13-15H2,1,3-5H3/b17-16-,20-19+,23-12+. The van der Waals surface area contributed by atoms with Crippen LogP contribution < -0.4 is 0 Å². The summed E-state index contributed by atoms with van der Waals surface area (Å²) in [5, 5.41) is 0. The van der Waals surface area contributed by atoms with E-state index in [2.05, 4.69) is 52.3 Å². The van der Waals surface area contributed by atoms with Crippen LogP contribution in [0, 0.1) is 0 Å². The lowest BCUT2D eigenvalue weighted by atomic mass is 10.1. The lowest BCUT2D eigenvalue weighted by Crippen LogP contribution is -2.37. The number of carbonyl (C=O) groups is 2. The summed E-state index contributed by atoms with van der Waals surface area (Å²) in [4.78, 5) is 25.9. The maximum Gasteiger partial charge on any atom is 0.256 e. The fourth-order valence-corrected chi connectivity index (χ4v) is 3.36. The van der Waals surface area contributed by atoms with Crippen molar-refractivity contribution in [1.82, 2.24) is 4.90 Å². The second kappa shape index (κ2) is 12.8. The zero-order chi connectivity index (χ0) is 22.0. The number of nitrogens with zero attached hydrogens (tertiary/aromatic N) is 1. The van der Waals surface area contributed by atoms with Crippen molar-refractivity contribution in [3.8, 4) is 0 Å². The largest absolute Gasteiger partial charge is 0.279 e. The summed E-state index contributed by atoms with van der Waals surface area (Å²) in [6.45, 7) is 11.8. The van der Waals surface area contributed by atoms with Crippen molar-refractivity contribution in [1.29, 1.82) is 0 Å². The van der Waals surface area contributed by atoms with Crippen LogP contribution in [-0.4, -0.2) is 23.3 Å². The predicted octanol–water partition coefficient (Wildman–Crippen LogP) is 6.85. The van der Waals surface area contributed by atoms with Crippen LogP contribution in [0.5, 0.6) is 0 Å². The van der Waals surface area contributed by atoms with Gasteiger partial charge in [0, 0.05) is 23.5 Å². The molecule has 3 nitrogen and oxygen atoms in total. The van der Waals surface area contributed by atoms with Gasteiger partial charge in [-0.25, -0.2) is 0 Å². The molecule has 0 aromatic heterocycles. The number of hydrogen-bond acceptors (Lipinski definition) is 2. The molecule has 0 heterocycles. The molecule has 29 heavy (non-hydrogen) atoms. The molecule has 1 rings (SSSR count). The Bertz CT molecular complexity index is 832. The van der Waals surface area contributed by atoms with E-state index in [-0.39, 0.29) is 11.8 Å². The van der Waals surface area contributed by atoms with E-state index in [0.717, 1.165) is 20.9 Å². The molecule has 156 valence electrons. The average molecular weight is 523 g/mol. The Morgan fingerprint density at radius 2 is 1.69 bits per heavy atom. The molecule has 1 aromatic carbocycles. The van der Waals surface area contributed by atoms with E-state index < -0.39 is 0 Å². The smallest absolute Gasteiger partial charge is 0.256 e. The van der Waals surface area contributed by atoms with E-state index >= 15 is 0 Å². The normalized spacial score (nSPS) is 13.0. The first-order chi connectivity index (χ1) is 13.6. The molecule has 0 atom stereocenters. The Morgan fingerprint density at radius 1 is 1.07 bits per heavy atom. The monoisotopic (exact) mass is 521 g/mol. The number of benzene rings is 1. The van der Waals surface area contributed by atoms with Crippen LogP contribution in [0.4, 0.5) is 0 Å². The number of halogens is 2. The predicted molar refractivity (Wildman–Crippen MR) is 129 cm³/mol. The second-order valence-electron chi connectivity index (χ2n) is 7.09. The van der Waals surface area contributed by atoms with Crippen molar-refractivity contribution >= 4 is 43.7 Å². The maximum absolute atomic E-state index is 12.7. The molecule has 0 saturated heterocycles. The van der Waals surface area contributed by atoms with Crippen LogP contribution in [0.15, 0.2) is 74.7 Å². The van der Waals surface area contributed by atoms with Gasteiger partial charge < -0.3 is 0 Å². The molecule has 0 bridgehead atoms. The van der Waals surface area contributed by atoms with Gasteiger partial charge in [0.2, 0.25) is 5.91 Å². The number of rotatable bonds is 9. The van der Waals surface area contributed by atoms with Crippen molar-refractivity contribution in [2.24, 2.45) is 0 Å². The minimum absolute atomic E-state index is 0.265. The van der Waals surface area contributed by atoms with Gasteiger partial charge in [0.1, 0.15) is 0 Å². The van der Waals surface area contributed by atoms with Crippen LogP contribution in [0.25, 0.3) is 0 Å². The average Bonchev–Trinajstić information content (AvgIpc) is 2.66. The highest BCUT2D eigenvalue weighted by Crippen LogP contribution is 2.21. The summed E-state index contributed by atoms with van der Waals surface area (Å²) in [5.41, 5.74) is 3.95. The lowest BCUT2D eigenvalue weighted by molar-refractivity contribution is -0.141. The highest BCUT2D eigenvalue weighted by Gasteiger charge is 2.19. The molecule has 0 aliphatic rings. The number of amides is 2. The molecule has 0 aliphatic carbocycles. The molecule has 0 fully saturated rings. The van der Waals surface area contributed by atoms with Gasteiger partial charge in [0.05, 0.1) is 0 Å². The Kier molecular flexibility index (Phi) is 11.1. The molecule has 2 amide bonds.